The van der Waals surface area contributed by atoms with Crippen LogP contribution in [0.5, 0.6) is 0 Å². The number of aromatic amines is 1. The van der Waals surface area contributed by atoms with Crippen molar-refractivity contribution >= 4 is 28.7 Å². The van der Waals surface area contributed by atoms with E-state index in [1.54, 1.807) is 11.6 Å². The second-order valence-electron chi connectivity index (χ2n) is 7.71. The van der Waals surface area contributed by atoms with Crippen LogP contribution < -0.4 is 10.2 Å². The Bertz CT molecular complexity index is 1240. The fourth-order valence-electron chi connectivity index (χ4n) is 3.56. The van der Waals surface area contributed by atoms with Crippen molar-refractivity contribution < 1.29 is 4.79 Å². The molecule has 5 heterocycles. The molecule has 1 aliphatic heterocycles. The lowest BCUT2D eigenvalue weighted by Crippen LogP contribution is -2.37. The fraction of sp³-hybridized carbons (Fsp3) is 0.300. The molecular weight excluding hydrogens is 414 g/mol. The third-order valence-corrected chi connectivity index (χ3v) is 6.38. The number of amides is 1. The summed E-state index contributed by atoms with van der Waals surface area (Å²) < 4.78 is 2.00. The van der Waals surface area contributed by atoms with Gasteiger partial charge in [-0.1, -0.05) is 0 Å². The summed E-state index contributed by atoms with van der Waals surface area (Å²) in [6, 6.07) is 1.82. The number of nitrogens with zero attached hydrogens (tertiary/aromatic N) is 7. The molecule has 11 heteroatoms. The van der Waals surface area contributed by atoms with Crippen molar-refractivity contribution in [3.8, 4) is 16.5 Å². The maximum Gasteiger partial charge on any atom is 0.275 e. The molecule has 2 N–H and O–H groups in total. The van der Waals surface area contributed by atoms with E-state index in [4.69, 9.17) is 0 Å². The van der Waals surface area contributed by atoms with Crippen LogP contribution in [-0.4, -0.2) is 53.7 Å². The Kier molecular flexibility index (Phi) is 4.27. The molecule has 0 unspecified atom stereocenters. The SMILES string of the molecule is O=C(Nc1csc(-c2nnc[nH]2)n1)c1cc(-n2cnc(C3CC3)c2)c(N2CCC2)cn1. The van der Waals surface area contributed by atoms with Gasteiger partial charge in [-0.05, 0) is 25.3 Å². The summed E-state index contributed by atoms with van der Waals surface area (Å²) in [6.07, 6.45) is 10.7. The number of carbonyl (C=O) groups is 1. The number of hydrogen-bond donors (Lipinski definition) is 2. The minimum absolute atomic E-state index is 0.312. The number of aromatic nitrogens is 7. The molecule has 4 aromatic rings. The lowest BCUT2D eigenvalue weighted by Gasteiger charge is -2.34. The maximum absolute atomic E-state index is 12.9. The highest BCUT2D eigenvalue weighted by molar-refractivity contribution is 7.13. The van der Waals surface area contributed by atoms with E-state index in [9.17, 15) is 4.79 Å². The molecule has 1 amide bonds. The first-order chi connectivity index (χ1) is 15.2. The highest BCUT2D eigenvalue weighted by Crippen LogP contribution is 2.39. The zero-order valence-corrected chi connectivity index (χ0v) is 17.3. The molecule has 2 aliphatic rings. The molecule has 1 saturated carbocycles. The number of carbonyl (C=O) groups excluding carboxylic acids is 1. The van der Waals surface area contributed by atoms with Gasteiger partial charge < -0.3 is 19.8 Å². The van der Waals surface area contributed by atoms with Gasteiger partial charge in [0.1, 0.15) is 17.8 Å². The van der Waals surface area contributed by atoms with Crippen molar-refractivity contribution in [1.82, 2.24) is 34.7 Å². The van der Waals surface area contributed by atoms with Crippen LogP contribution in [-0.2, 0) is 0 Å². The Morgan fingerprint density at radius 1 is 1.23 bits per heavy atom. The number of H-pyrrole nitrogens is 1. The molecule has 6 rings (SSSR count). The summed E-state index contributed by atoms with van der Waals surface area (Å²) in [5.74, 6) is 1.28. The van der Waals surface area contributed by atoms with Gasteiger partial charge in [-0.2, -0.15) is 0 Å². The van der Waals surface area contributed by atoms with Crippen molar-refractivity contribution in [2.24, 2.45) is 0 Å². The predicted molar refractivity (Wildman–Crippen MR) is 116 cm³/mol. The van der Waals surface area contributed by atoms with Gasteiger partial charge in [0.25, 0.3) is 5.91 Å². The minimum atomic E-state index is -0.312. The van der Waals surface area contributed by atoms with Crippen LogP contribution in [0.15, 0.2) is 36.5 Å². The lowest BCUT2D eigenvalue weighted by atomic mass is 10.1. The molecule has 10 nitrogen and oxygen atoms in total. The Morgan fingerprint density at radius 3 is 2.87 bits per heavy atom. The molecule has 0 aromatic carbocycles. The van der Waals surface area contributed by atoms with Gasteiger partial charge in [0, 0.05) is 30.6 Å². The van der Waals surface area contributed by atoms with Gasteiger partial charge >= 0.3 is 0 Å². The van der Waals surface area contributed by atoms with E-state index in [1.165, 1.54) is 30.5 Å². The highest BCUT2D eigenvalue weighted by atomic mass is 32.1. The van der Waals surface area contributed by atoms with Crippen molar-refractivity contribution in [2.75, 3.05) is 23.3 Å². The molecular formula is C20H19N9OS. The zero-order chi connectivity index (χ0) is 20.8. The minimum Gasteiger partial charge on any atom is -0.368 e. The van der Waals surface area contributed by atoms with Gasteiger partial charge in [0.15, 0.2) is 10.8 Å². The smallest absolute Gasteiger partial charge is 0.275 e. The summed E-state index contributed by atoms with van der Waals surface area (Å²) >= 11 is 1.37. The molecule has 0 atom stereocenters. The van der Waals surface area contributed by atoms with E-state index in [2.05, 4.69) is 46.5 Å². The van der Waals surface area contributed by atoms with Crippen LogP contribution in [0, 0.1) is 0 Å². The van der Waals surface area contributed by atoms with Gasteiger partial charge in [0.2, 0.25) is 0 Å². The molecule has 156 valence electrons. The van der Waals surface area contributed by atoms with Crippen LogP contribution in [0.3, 0.4) is 0 Å². The van der Waals surface area contributed by atoms with Crippen LogP contribution in [0.25, 0.3) is 16.5 Å². The third-order valence-electron chi connectivity index (χ3n) is 5.53. The van der Waals surface area contributed by atoms with E-state index >= 15 is 0 Å². The quantitative estimate of drug-likeness (QED) is 0.480. The van der Waals surface area contributed by atoms with Crippen molar-refractivity contribution in [3.63, 3.8) is 0 Å². The maximum atomic E-state index is 12.9. The van der Waals surface area contributed by atoms with Gasteiger partial charge in [-0.25, -0.2) is 15.0 Å². The van der Waals surface area contributed by atoms with E-state index < -0.39 is 0 Å². The third kappa shape index (κ3) is 3.46. The van der Waals surface area contributed by atoms with Crippen LogP contribution in [0.2, 0.25) is 0 Å². The summed E-state index contributed by atoms with van der Waals surface area (Å²) in [5, 5.41) is 12.9. The predicted octanol–water partition coefficient (Wildman–Crippen LogP) is 2.85. The van der Waals surface area contributed by atoms with Crippen LogP contribution in [0.1, 0.15) is 41.4 Å². The number of thiazole rings is 1. The second kappa shape index (κ2) is 7.27. The lowest BCUT2D eigenvalue weighted by molar-refractivity contribution is 0.102. The summed E-state index contributed by atoms with van der Waals surface area (Å²) in [4.78, 5) is 31.5. The molecule has 0 bridgehead atoms. The number of rotatable bonds is 6. The van der Waals surface area contributed by atoms with E-state index in [0.29, 0.717) is 28.3 Å². The largest absolute Gasteiger partial charge is 0.368 e. The van der Waals surface area contributed by atoms with E-state index in [0.717, 1.165) is 36.6 Å². The molecule has 4 aromatic heterocycles. The Balaban J connectivity index is 1.28. The monoisotopic (exact) mass is 433 g/mol. The summed E-state index contributed by atoms with van der Waals surface area (Å²) in [6.45, 7) is 1.99. The average molecular weight is 434 g/mol. The highest BCUT2D eigenvalue weighted by Gasteiger charge is 2.27. The molecule has 0 spiro atoms. The normalized spacial score (nSPS) is 15.7. The topological polar surface area (TPSA) is 118 Å². The summed E-state index contributed by atoms with van der Waals surface area (Å²) in [5.41, 5.74) is 3.37. The number of anilines is 2. The summed E-state index contributed by atoms with van der Waals surface area (Å²) in [7, 11) is 0. The van der Waals surface area contributed by atoms with Crippen molar-refractivity contribution in [3.05, 3.63) is 47.9 Å². The molecule has 1 aliphatic carbocycles. The number of pyridine rings is 1. The van der Waals surface area contributed by atoms with Crippen molar-refractivity contribution in [2.45, 2.75) is 25.2 Å². The fourth-order valence-corrected chi connectivity index (χ4v) is 4.26. The Morgan fingerprint density at radius 2 is 2.13 bits per heavy atom. The van der Waals surface area contributed by atoms with Gasteiger partial charge in [0.05, 0.1) is 29.6 Å². The zero-order valence-electron chi connectivity index (χ0n) is 16.5. The van der Waals surface area contributed by atoms with E-state index in [-0.39, 0.29) is 5.91 Å². The van der Waals surface area contributed by atoms with Gasteiger partial charge in [-0.15, -0.1) is 21.5 Å². The van der Waals surface area contributed by atoms with Crippen LogP contribution in [0.4, 0.5) is 11.5 Å². The molecule has 31 heavy (non-hydrogen) atoms. The molecule has 2 fully saturated rings. The first kappa shape index (κ1) is 18.2. The second-order valence-corrected chi connectivity index (χ2v) is 8.57. The van der Waals surface area contributed by atoms with Gasteiger partial charge in [-0.3, -0.25) is 4.79 Å². The van der Waals surface area contributed by atoms with Crippen LogP contribution >= 0.6 is 11.3 Å². The number of hydrogen-bond acceptors (Lipinski definition) is 8. The molecule has 0 radical (unpaired) electrons. The average Bonchev–Trinajstić information content (AvgIpc) is 3.16. The first-order valence-corrected chi connectivity index (χ1v) is 11.0. The molecule has 1 saturated heterocycles. The Hall–Kier alpha value is -3.60. The number of nitrogens with one attached hydrogen (secondary N) is 2. The van der Waals surface area contributed by atoms with Crippen molar-refractivity contribution in [1.29, 1.82) is 0 Å². The first-order valence-electron chi connectivity index (χ1n) is 10.2. The Labute approximate surface area is 181 Å². The van der Waals surface area contributed by atoms with E-state index in [1.807, 2.05) is 17.0 Å². The number of imidazole rings is 1. The standard InChI is InChI=1S/C20H19N9OS/c30-19(25-17-9-31-20(26-17)18-22-10-24-27-18)13-6-15(16(7-21-13)28-4-1-5-28)29-8-14(23-11-29)12-2-3-12/h6-12H,1-5H2,(H,25,30)(H,22,24,27).